The molecular weight excluding hydrogens is 1090 g/mol. The summed E-state index contributed by atoms with van der Waals surface area (Å²) in [4.78, 5) is 29.6. The number of hydrogen-bond acceptors (Lipinski definition) is 12. The number of carboxylic acid groups (broad SMARTS) is 2. The molecule has 4 heterocycles. The van der Waals surface area contributed by atoms with Crippen molar-refractivity contribution in [2.45, 2.75) is 160 Å². The largest absolute Gasteiger partial charge is 0.673 e. The third-order valence-electron chi connectivity index (χ3n) is 19.5. The number of carbonyl (C=O) groups is 2. The molecule has 4 aromatic carbocycles. The Balaban J connectivity index is 0.000000148. The summed E-state index contributed by atoms with van der Waals surface area (Å²) in [6, 6.07) is 24.8. The molecule has 8 N–H and O–H groups in total. The van der Waals surface area contributed by atoms with Gasteiger partial charge in [-0.05, 0) is 149 Å². The molecule has 12 atom stereocenters. The highest BCUT2D eigenvalue weighted by atomic mass is 19.5. The second-order valence-electron chi connectivity index (χ2n) is 24.4. The summed E-state index contributed by atoms with van der Waals surface area (Å²) >= 11 is 0. The van der Waals surface area contributed by atoms with Crippen molar-refractivity contribution in [3.05, 3.63) is 118 Å². The van der Waals surface area contributed by atoms with Crippen molar-refractivity contribution in [1.29, 1.82) is 0 Å². The fourth-order valence-corrected chi connectivity index (χ4v) is 16.0. The van der Waals surface area contributed by atoms with Crippen LogP contribution in [0.3, 0.4) is 0 Å². The number of halogens is 8. The molecule has 2 saturated heterocycles. The Morgan fingerprint density at radius 3 is 1.23 bits per heavy atom. The second-order valence-corrected chi connectivity index (χ2v) is 24.4. The molecule has 6 fully saturated rings. The van der Waals surface area contributed by atoms with E-state index < -0.39 is 72.8 Å². The van der Waals surface area contributed by atoms with E-state index in [9.17, 15) is 74.8 Å². The molecule has 0 unspecified atom stereocenters. The minimum atomic E-state index is -6.00. The SMILES string of the molecule is F[B-](F)(F)F.F[B-](F)(F)F.O=C(O)[C@H](Cc1ccccc1)N[C@@H]1CC[C@@]2(O)[C@H]3Cc4ccc(O)c5c4[C@@]2(CCN3CC2CC2)[C@H]1O5.O=C(O)[C@H](Cc1ccccc1)N[C@@H]1CC[C@@]2(O)[C@H]3Cc4ccc(O)c5c4[C@@]2(CCN3CC2CC2)[C@H]1O5. The number of ether oxygens (including phenoxy) is 2. The number of nitrogens with one attached hydrogen (secondary N) is 2. The fourth-order valence-electron chi connectivity index (χ4n) is 16.0. The maximum absolute atomic E-state index is 12.6. The molecule has 2 spiro atoms. The number of phenols is 2. The van der Waals surface area contributed by atoms with E-state index in [1.807, 2.05) is 72.8 Å². The van der Waals surface area contributed by atoms with Gasteiger partial charge in [-0.15, -0.1) is 0 Å². The number of benzene rings is 4. The molecule has 14 rings (SSSR count). The molecule has 0 amide bonds. The Bertz CT molecular complexity index is 2810. The van der Waals surface area contributed by atoms with Crippen LogP contribution in [-0.2, 0) is 46.1 Å². The molecule has 4 aliphatic heterocycles. The molecule has 6 aliphatic carbocycles. The smallest absolute Gasteiger partial charge is 0.504 e. The van der Waals surface area contributed by atoms with Crippen LogP contribution >= 0.6 is 0 Å². The zero-order chi connectivity index (χ0) is 58.3. The van der Waals surface area contributed by atoms with E-state index in [2.05, 4.69) is 20.4 Å². The summed E-state index contributed by atoms with van der Waals surface area (Å²) in [5, 5.41) is 73.7. The molecule has 4 bridgehead atoms. The molecular formula is C58H68B2F8N4O10-2. The summed E-state index contributed by atoms with van der Waals surface area (Å²) in [5.74, 6) is 0.897. The van der Waals surface area contributed by atoms with Gasteiger partial charge in [0.05, 0.1) is 22.0 Å². The molecule has 0 aromatic heterocycles. The van der Waals surface area contributed by atoms with Gasteiger partial charge < -0.3 is 74.6 Å². The third kappa shape index (κ3) is 10.8. The number of hydrogen-bond donors (Lipinski definition) is 8. The van der Waals surface area contributed by atoms with Crippen LogP contribution in [0.4, 0.5) is 34.5 Å². The first-order valence-electron chi connectivity index (χ1n) is 28.6. The zero-order valence-electron chi connectivity index (χ0n) is 45.0. The van der Waals surface area contributed by atoms with Crippen LogP contribution in [0.1, 0.15) is 97.6 Å². The summed E-state index contributed by atoms with van der Waals surface area (Å²) in [7, 11) is -12.0. The van der Waals surface area contributed by atoms with Crippen molar-refractivity contribution in [3.63, 3.8) is 0 Å². The Morgan fingerprint density at radius 1 is 0.549 bits per heavy atom. The number of carboxylic acids is 2. The van der Waals surface area contributed by atoms with Crippen molar-refractivity contribution >= 4 is 26.4 Å². The lowest BCUT2D eigenvalue weighted by Gasteiger charge is -2.64. The lowest BCUT2D eigenvalue weighted by Crippen LogP contribution is -2.78. The predicted octanol–water partition coefficient (Wildman–Crippen LogP) is 7.82. The van der Waals surface area contributed by atoms with Crippen LogP contribution < -0.4 is 20.1 Å². The molecule has 10 aliphatic rings. The number of rotatable bonds is 14. The Morgan fingerprint density at radius 2 is 0.902 bits per heavy atom. The van der Waals surface area contributed by atoms with Gasteiger partial charge in [-0.3, -0.25) is 30.0 Å². The van der Waals surface area contributed by atoms with Gasteiger partial charge in [-0.1, -0.05) is 72.8 Å². The van der Waals surface area contributed by atoms with Crippen LogP contribution in [0.2, 0.25) is 0 Å². The van der Waals surface area contributed by atoms with Gasteiger partial charge in [-0.25, -0.2) is 0 Å². The average Bonchev–Trinajstić information content (AvgIpc) is 2.33. The number of aliphatic hydroxyl groups is 2. The number of aliphatic carboxylic acids is 2. The molecule has 4 aromatic rings. The van der Waals surface area contributed by atoms with Crippen LogP contribution in [-0.4, -0.2) is 153 Å². The first-order chi connectivity index (χ1) is 38.8. The van der Waals surface area contributed by atoms with E-state index in [0.717, 1.165) is 97.1 Å². The summed E-state index contributed by atoms with van der Waals surface area (Å²) < 4.78 is 91.1. The second kappa shape index (κ2) is 21.8. The van der Waals surface area contributed by atoms with Gasteiger partial charge in [-0.2, -0.15) is 0 Å². The standard InChI is InChI=1S/2C29H34N2O5.2BF4/c2*32-22-9-8-19-15-23-29(35)11-10-20(30-21(27(33)34)14-17-4-2-1-3-5-17)26-28(29,24(19)25(22)36-26)12-13-31(23)16-18-6-7-18;2*2-1(3,4)5/h2*1-5,8-9,18,20-21,23,26,30,32,35H,6-7,10-16H2,(H,33,34);;/q;;2*-1/t2*20-,21+,23-,26+,28+,29-;;/m11../s1. The molecule has 24 heteroatoms. The van der Waals surface area contributed by atoms with Crippen LogP contribution in [0.25, 0.3) is 0 Å². The Kier molecular flexibility index (Phi) is 15.4. The van der Waals surface area contributed by atoms with Gasteiger partial charge in [0.1, 0.15) is 24.3 Å². The highest BCUT2D eigenvalue weighted by molar-refractivity contribution is 6.50. The van der Waals surface area contributed by atoms with E-state index in [4.69, 9.17) is 9.47 Å². The first-order valence-corrected chi connectivity index (χ1v) is 28.6. The predicted molar refractivity (Wildman–Crippen MR) is 287 cm³/mol. The van der Waals surface area contributed by atoms with Gasteiger partial charge in [0, 0.05) is 48.4 Å². The number of phenolic OH excluding ortho intramolecular Hbond substituents is 2. The molecule has 0 radical (unpaired) electrons. The van der Waals surface area contributed by atoms with E-state index in [0.29, 0.717) is 50.0 Å². The molecule has 14 nitrogen and oxygen atoms in total. The lowest BCUT2D eigenvalue weighted by atomic mass is 9.48. The number of aromatic hydroxyl groups is 2. The third-order valence-corrected chi connectivity index (χ3v) is 19.5. The number of nitrogens with zero attached hydrogens (tertiary/aromatic N) is 2. The summed E-state index contributed by atoms with van der Waals surface area (Å²) in [6.07, 6.45) is 10.4. The van der Waals surface area contributed by atoms with Gasteiger partial charge >= 0.3 is 26.4 Å². The maximum atomic E-state index is 12.6. The number of likely N-dealkylation sites (tertiary alicyclic amines) is 2. The Hall–Kier alpha value is -5.65. The molecule has 4 saturated carbocycles. The maximum Gasteiger partial charge on any atom is 0.673 e. The van der Waals surface area contributed by atoms with Crippen LogP contribution in [0.5, 0.6) is 23.0 Å². The highest BCUT2D eigenvalue weighted by Gasteiger charge is 2.75. The quantitative estimate of drug-likeness (QED) is 0.0448. The van der Waals surface area contributed by atoms with Crippen molar-refractivity contribution in [2.24, 2.45) is 11.8 Å². The zero-order valence-corrected chi connectivity index (χ0v) is 45.0. The normalized spacial score (nSPS) is 32.3. The van der Waals surface area contributed by atoms with Crippen molar-refractivity contribution in [2.75, 3.05) is 26.2 Å². The van der Waals surface area contributed by atoms with Gasteiger partial charge in [0.2, 0.25) is 0 Å². The monoisotopic (exact) mass is 1150 g/mol. The fraction of sp³-hybridized carbons (Fsp3) is 0.552. The highest BCUT2D eigenvalue weighted by Crippen LogP contribution is 2.67. The summed E-state index contributed by atoms with van der Waals surface area (Å²) in [6.45, 7) is 3.84. The molecule has 82 heavy (non-hydrogen) atoms. The van der Waals surface area contributed by atoms with Crippen LogP contribution in [0.15, 0.2) is 84.9 Å². The van der Waals surface area contributed by atoms with Crippen LogP contribution in [0, 0.1) is 11.8 Å². The van der Waals surface area contributed by atoms with E-state index in [1.54, 1.807) is 12.1 Å². The summed E-state index contributed by atoms with van der Waals surface area (Å²) in [5.41, 5.74) is 2.95. The first kappa shape index (κ1) is 58.1. The van der Waals surface area contributed by atoms with E-state index >= 15 is 0 Å². The average molecular weight is 1150 g/mol. The lowest BCUT2D eigenvalue weighted by molar-refractivity contribution is -0.192. The van der Waals surface area contributed by atoms with Crippen molar-refractivity contribution < 1.29 is 84.2 Å². The van der Waals surface area contributed by atoms with Crippen molar-refractivity contribution in [1.82, 2.24) is 20.4 Å². The topological polar surface area (TPSA) is 205 Å². The molecule has 444 valence electrons. The van der Waals surface area contributed by atoms with E-state index in [-0.39, 0.29) is 35.7 Å². The minimum Gasteiger partial charge on any atom is -0.504 e. The Labute approximate surface area is 469 Å². The van der Waals surface area contributed by atoms with Gasteiger partial charge in [0.15, 0.2) is 23.0 Å². The van der Waals surface area contributed by atoms with E-state index in [1.165, 1.54) is 25.7 Å². The van der Waals surface area contributed by atoms with Gasteiger partial charge in [0.25, 0.3) is 0 Å². The number of piperidine rings is 2. The van der Waals surface area contributed by atoms with Crippen molar-refractivity contribution in [3.8, 4) is 23.0 Å². The minimum absolute atomic E-state index is 0.0153.